The molecule has 0 bridgehead atoms. The lowest BCUT2D eigenvalue weighted by Crippen LogP contribution is -2.55. The van der Waals surface area contributed by atoms with Crippen LogP contribution in [-0.2, 0) is 4.79 Å². The summed E-state index contributed by atoms with van der Waals surface area (Å²) in [5.41, 5.74) is 1.07. The number of piperazine rings is 1. The van der Waals surface area contributed by atoms with Crippen molar-refractivity contribution in [3.63, 3.8) is 0 Å². The molecule has 1 aromatic carbocycles. The van der Waals surface area contributed by atoms with Gasteiger partial charge < -0.3 is 15.1 Å². The SMILES string of the molecule is Cl.Cl.O=C([C@H]1CCCCN1)N1CCN(c2ccccc2Cl)CC1. The largest absolute Gasteiger partial charge is 0.367 e. The van der Waals surface area contributed by atoms with Crippen molar-refractivity contribution in [2.75, 3.05) is 37.6 Å². The van der Waals surface area contributed by atoms with Gasteiger partial charge in [-0.3, -0.25) is 4.79 Å². The van der Waals surface area contributed by atoms with Crippen molar-refractivity contribution < 1.29 is 4.79 Å². The van der Waals surface area contributed by atoms with Gasteiger partial charge in [0.2, 0.25) is 5.91 Å². The first-order valence-electron chi connectivity index (χ1n) is 7.77. The molecule has 2 saturated heterocycles. The van der Waals surface area contributed by atoms with E-state index in [4.69, 9.17) is 11.6 Å². The monoisotopic (exact) mass is 379 g/mol. The number of amides is 1. The van der Waals surface area contributed by atoms with Crippen molar-refractivity contribution in [3.05, 3.63) is 29.3 Å². The van der Waals surface area contributed by atoms with Crippen LogP contribution in [0.3, 0.4) is 0 Å². The number of rotatable bonds is 2. The van der Waals surface area contributed by atoms with Crippen molar-refractivity contribution in [1.82, 2.24) is 10.2 Å². The molecule has 2 aliphatic heterocycles. The smallest absolute Gasteiger partial charge is 0.239 e. The first kappa shape index (κ1) is 20.4. The highest BCUT2D eigenvalue weighted by atomic mass is 35.5. The van der Waals surface area contributed by atoms with Gasteiger partial charge in [-0.1, -0.05) is 30.2 Å². The Hall–Kier alpha value is -0.680. The minimum atomic E-state index is 0. The summed E-state index contributed by atoms with van der Waals surface area (Å²) >= 11 is 6.25. The summed E-state index contributed by atoms with van der Waals surface area (Å²) in [6.45, 7) is 4.23. The summed E-state index contributed by atoms with van der Waals surface area (Å²) in [5.74, 6) is 0.272. The molecule has 3 rings (SSSR count). The fourth-order valence-corrected chi connectivity index (χ4v) is 3.41. The third kappa shape index (κ3) is 4.90. The Morgan fingerprint density at radius 2 is 1.78 bits per heavy atom. The van der Waals surface area contributed by atoms with Gasteiger partial charge in [-0.05, 0) is 31.5 Å². The zero-order valence-electron chi connectivity index (χ0n) is 13.0. The molecule has 23 heavy (non-hydrogen) atoms. The Bertz CT molecular complexity index is 501. The van der Waals surface area contributed by atoms with Crippen LogP contribution in [0.4, 0.5) is 5.69 Å². The van der Waals surface area contributed by atoms with Crippen molar-refractivity contribution >= 4 is 48.0 Å². The van der Waals surface area contributed by atoms with E-state index in [0.717, 1.165) is 56.3 Å². The van der Waals surface area contributed by atoms with E-state index in [9.17, 15) is 4.79 Å². The first-order chi connectivity index (χ1) is 10.3. The van der Waals surface area contributed by atoms with Crippen LogP contribution in [0, 0.1) is 0 Å². The lowest BCUT2D eigenvalue weighted by molar-refractivity contribution is -0.134. The number of carbonyl (C=O) groups is 1. The molecule has 1 amide bonds. The molecular weight excluding hydrogens is 357 g/mol. The molecule has 4 nitrogen and oxygen atoms in total. The van der Waals surface area contributed by atoms with E-state index in [1.54, 1.807) is 0 Å². The molecule has 0 unspecified atom stereocenters. The molecule has 2 fully saturated rings. The number of piperidine rings is 1. The Kier molecular flexibility index (Phi) is 8.48. The third-order valence-electron chi connectivity index (χ3n) is 4.39. The van der Waals surface area contributed by atoms with Crippen LogP contribution in [0.15, 0.2) is 24.3 Å². The molecule has 0 saturated carbocycles. The molecular formula is C16H24Cl3N3O. The van der Waals surface area contributed by atoms with E-state index < -0.39 is 0 Å². The standard InChI is InChI=1S/C16H22ClN3O.2ClH/c17-13-5-1-2-7-15(13)19-9-11-20(12-10-19)16(21)14-6-3-4-8-18-14;;/h1-2,5,7,14,18H,3-4,6,8-12H2;2*1H/t14-;;/m1../s1. The highest BCUT2D eigenvalue weighted by molar-refractivity contribution is 6.33. The Morgan fingerprint density at radius 1 is 1.09 bits per heavy atom. The third-order valence-corrected chi connectivity index (χ3v) is 4.71. The van der Waals surface area contributed by atoms with Gasteiger partial charge in [-0.2, -0.15) is 0 Å². The van der Waals surface area contributed by atoms with E-state index in [0.29, 0.717) is 0 Å². The highest BCUT2D eigenvalue weighted by Gasteiger charge is 2.28. The van der Waals surface area contributed by atoms with Gasteiger partial charge in [-0.15, -0.1) is 24.8 Å². The summed E-state index contributed by atoms with van der Waals surface area (Å²) in [6, 6.07) is 7.94. The molecule has 0 aliphatic carbocycles. The Balaban J connectivity index is 0.00000132. The number of para-hydroxylation sites is 1. The summed E-state index contributed by atoms with van der Waals surface area (Å²) in [4.78, 5) is 16.7. The van der Waals surface area contributed by atoms with Crippen molar-refractivity contribution in [1.29, 1.82) is 0 Å². The van der Waals surface area contributed by atoms with Gasteiger partial charge in [-0.25, -0.2) is 0 Å². The fraction of sp³-hybridized carbons (Fsp3) is 0.562. The lowest BCUT2D eigenvalue weighted by atomic mass is 10.0. The van der Waals surface area contributed by atoms with Gasteiger partial charge in [0.15, 0.2) is 0 Å². The highest BCUT2D eigenvalue weighted by Crippen LogP contribution is 2.26. The molecule has 1 atom stereocenters. The Morgan fingerprint density at radius 3 is 2.39 bits per heavy atom. The first-order valence-corrected chi connectivity index (χ1v) is 8.15. The van der Waals surface area contributed by atoms with Gasteiger partial charge in [0.25, 0.3) is 0 Å². The average Bonchev–Trinajstić information content (AvgIpc) is 2.56. The maximum Gasteiger partial charge on any atom is 0.239 e. The summed E-state index contributed by atoms with van der Waals surface area (Å²) in [6.07, 6.45) is 3.32. The van der Waals surface area contributed by atoms with Crippen LogP contribution < -0.4 is 10.2 Å². The fourth-order valence-electron chi connectivity index (χ4n) is 3.16. The van der Waals surface area contributed by atoms with E-state index in [1.165, 1.54) is 6.42 Å². The predicted octanol–water partition coefficient (Wildman–Crippen LogP) is 2.97. The molecule has 2 aliphatic rings. The minimum Gasteiger partial charge on any atom is -0.367 e. The topological polar surface area (TPSA) is 35.6 Å². The molecule has 130 valence electrons. The number of hydrogen-bond donors (Lipinski definition) is 1. The van der Waals surface area contributed by atoms with Gasteiger partial charge in [0.1, 0.15) is 0 Å². The number of halogens is 3. The lowest BCUT2D eigenvalue weighted by Gasteiger charge is -2.38. The zero-order chi connectivity index (χ0) is 14.7. The molecule has 2 heterocycles. The van der Waals surface area contributed by atoms with Crippen LogP contribution in [0.2, 0.25) is 5.02 Å². The molecule has 0 spiro atoms. The molecule has 0 aromatic heterocycles. The van der Waals surface area contributed by atoms with E-state index in [1.807, 2.05) is 29.2 Å². The second-order valence-electron chi connectivity index (χ2n) is 5.77. The van der Waals surface area contributed by atoms with Gasteiger partial charge in [0, 0.05) is 26.2 Å². The maximum absolute atomic E-state index is 12.5. The van der Waals surface area contributed by atoms with Crippen LogP contribution in [0.25, 0.3) is 0 Å². The van der Waals surface area contributed by atoms with Crippen LogP contribution in [-0.4, -0.2) is 49.6 Å². The number of anilines is 1. The number of hydrogen-bond acceptors (Lipinski definition) is 3. The molecule has 0 radical (unpaired) electrons. The molecule has 7 heteroatoms. The second-order valence-corrected chi connectivity index (χ2v) is 6.17. The van der Waals surface area contributed by atoms with Crippen LogP contribution in [0.1, 0.15) is 19.3 Å². The number of nitrogens with zero attached hydrogens (tertiary/aromatic N) is 2. The van der Waals surface area contributed by atoms with E-state index in [2.05, 4.69) is 10.2 Å². The van der Waals surface area contributed by atoms with Gasteiger partial charge in [0.05, 0.1) is 16.8 Å². The Labute approximate surface area is 155 Å². The van der Waals surface area contributed by atoms with Crippen LogP contribution in [0.5, 0.6) is 0 Å². The number of nitrogens with one attached hydrogen (secondary N) is 1. The predicted molar refractivity (Wildman–Crippen MR) is 100 cm³/mol. The van der Waals surface area contributed by atoms with Crippen molar-refractivity contribution in [2.45, 2.75) is 25.3 Å². The molecule has 1 N–H and O–H groups in total. The summed E-state index contributed by atoms with van der Waals surface area (Å²) in [5, 5.41) is 4.13. The normalized spacial score (nSPS) is 21.2. The maximum atomic E-state index is 12.5. The average molecular weight is 381 g/mol. The summed E-state index contributed by atoms with van der Waals surface area (Å²) in [7, 11) is 0. The quantitative estimate of drug-likeness (QED) is 0.857. The van der Waals surface area contributed by atoms with Crippen molar-refractivity contribution in [3.8, 4) is 0 Å². The zero-order valence-corrected chi connectivity index (χ0v) is 15.4. The summed E-state index contributed by atoms with van der Waals surface area (Å²) < 4.78 is 0. The number of benzene rings is 1. The number of carbonyl (C=O) groups excluding carboxylic acids is 1. The van der Waals surface area contributed by atoms with Crippen molar-refractivity contribution in [2.24, 2.45) is 0 Å². The van der Waals surface area contributed by atoms with Gasteiger partial charge >= 0.3 is 0 Å². The second kappa shape index (κ2) is 9.58. The van der Waals surface area contributed by atoms with Crippen LogP contribution >= 0.6 is 36.4 Å². The van der Waals surface area contributed by atoms with E-state index >= 15 is 0 Å². The van der Waals surface area contributed by atoms with E-state index in [-0.39, 0.29) is 36.8 Å². The minimum absolute atomic E-state index is 0. The molecule has 1 aromatic rings.